The highest BCUT2D eigenvalue weighted by molar-refractivity contribution is 5.35. The van der Waals surface area contributed by atoms with Crippen molar-refractivity contribution in [2.24, 2.45) is 5.41 Å². The fourth-order valence-corrected chi connectivity index (χ4v) is 1.21. The summed E-state index contributed by atoms with van der Waals surface area (Å²) in [5.74, 6) is 0.611. The lowest BCUT2D eigenvalue weighted by molar-refractivity contribution is 0.157. The Kier molecular flexibility index (Phi) is 4.49. The van der Waals surface area contributed by atoms with Gasteiger partial charge in [-0.15, -0.1) is 0 Å². The third-order valence-corrected chi connectivity index (χ3v) is 2.38. The van der Waals surface area contributed by atoms with Crippen LogP contribution in [-0.2, 0) is 4.74 Å². The predicted octanol–water partition coefficient (Wildman–Crippen LogP) is 1.53. The summed E-state index contributed by atoms with van der Waals surface area (Å²) in [5, 5.41) is 3.19. The molecule has 0 saturated carbocycles. The number of nitrogen functional groups attached to an aromatic ring is 1. The highest BCUT2D eigenvalue weighted by Gasteiger charge is 2.17. The van der Waals surface area contributed by atoms with Crippen molar-refractivity contribution in [2.45, 2.75) is 20.3 Å². The van der Waals surface area contributed by atoms with Gasteiger partial charge >= 0.3 is 0 Å². The van der Waals surface area contributed by atoms with Crippen LogP contribution in [0, 0.1) is 5.41 Å². The van der Waals surface area contributed by atoms with Gasteiger partial charge in [0.1, 0.15) is 0 Å². The average Bonchev–Trinajstić information content (AvgIpc) is 2.26. The Bertz CT molecular complexity index is 310. The Morgan fingerprint density at radius 1 is 1.38 bits per heavy atom. The van der Waals surface area contributed by atoms with Crippen LogP contribution in [0.4, 0.5) is 11.6 Å². The topological polar surface area (TPSA) is 73.1 Å². The molecule has 0 spiro atoms. The number of rotatable bonds is 6. The lowest BCUT2D eigenvalue weighted by Crippen LogP contribution is -2.25. The van der Waals surface area contributed by atoms with Gasteiger partial charge in [0.25, 0.3) is 0 Å². The summed E-state index contributed by atoms with van der Waals surface area (Å²) in [4.78, 5) is 8.17. The summed E-state index contributed by atoms with van der Waals surface area (Å²) in [7, 11) is 1.71. The molecule has 1 aromatic rings. The monoisotopic (exact) mass is 224 g/mol. The Hall–Kier alpha value is -1.36. The molecule has 0 amide bonds. The Balaban J connectivity index is 2.41. The van der Waals surface area contributed by atoms with Crippen molar-refractivity contribution in [1.29, 1.82) is 0 Å². The van der Waals surface area contributed by atoms with Crippen LogP contribution in [0.1, 0.15) is 20.3 Å². The van der Waals surface area contributed by atoms with Gasteiger partial charge in [0.15, 0.2) is 0 Å². The third-order valence-electron chi connectivity index (χ3n) is 2.38. The molecule has 0 fully saturated rings. The summed E-state index contributed by atoms with van der Waals surface area (Å²) in [6.07, 6.45) is 4.18. The second kappa shape index (κ2) is 5.65. The Labute approximate surface area is 96.4 Å². The summed E-state index contributed by atoms with van der Waals surface area (Å²) < 4.78 is 5.07. The molecule has 5 heteroatoms. The molecule has 0 aliphatic rings. The smallest absolute Gasteiger partial charge is 0.222 e. The van der Waals surface area contributed by atoms with Crippen molar-refractivity contribution in [3.05, 3.63) is 12.4 Å². The van der Waals surface area contributed by atoms with Crippen molar-refractivity contribution < 1.29 is 4.74 Å². The molecule has 0 aliphatic heterocycles. The van der Waals surface area contributed by atoms with Crippen molar-refractivity contribution in [1.82, 2.24) is 9.97 Å². The maximum absolute atomic E-state index is 5.51. The fourth-order valence-electron chi connectivity index (χ4n) is 1.21. The van der Waals surface area contributed by atoms with E-state index >= 15 is 0 Å². The zero-order valence-corrected chi connectivity index (χ0v) is 10.2. The fraction of sp³-hybridized carbons (Fsp3) is 0.636. The van der Waals surface area contributed by atoms with E-state index in [0.29, 0.717) is 11.6 Å². The molecule has 0 aromatic carbocycles. The number of ether oxygens (including phenoxy) is 1. The van der Waals surface area contributed by atoms with Crippen LogP contribution in [0.3, 0.4) is 0 Å². The molecule has 0 atom stereocenters. The quantitative estimate of drug-likeness (QED) is 0.766. The zero-order chi connectivity index (χ0) is 12.0. The molecular weight excluding hydrogens is 204 g/mol. The second-order valence-corrected chi connectivity index (χ2v) is 4.60. The first-order valence-electron chi connectivity index (χ1n) is 5.34. The van der Waals surface area contributed by atoms with Crippen molar-refractivity contribution in [3.8, 4) is 0 Å². The summed E-state index contributed by atoms with van der Waals surface area (Å²) in [6.45, 7) is 5.92. The summed E-state index contributed by atoms with van der Waals surface area (Å²) in [5.41, 5.74) is 6.23. The minimum Gasteiger partial charge on any atom is -0.396 e. The van der Waals surface area contributed by atoms with Crippen molar-refractivity contribution in [3.63, 3.8) is 0 Å². The average molecular weight is 224 g/mol. The molecule has 0 saturated heterocycles. The van der Waals surface area contributed by atoms with E-state index < -0.39 is 0 Å². The van der Waals surface area contributed by atoms with Gasteiger partial charge in [-0.25, -0.2) is 9.97 Å². The molecule has 0 radical (unpaired) electrons. The molecule has 0 unspecified atom stereocenters. The number of nitrogens with two attached hydrogens (primary N) is 1. The molecule has 5 nitrogen and oxygen atoms in total. The highest BCUT2D eigenvalue weighted by Crippen LogP contribution is 2.20. The van der Waals surface area contributed by atoms with Crippen LogP contribution < -0.4 is 11.1 Å². The maximum atomic E-state index is 5.51. The van der Waals surface area contributed by atoms with Crippen LogP contribution in [0.25, 0.3) is 0 Å². The first-order chi connectivity index (χ1) is 7.53. The van der Waals surface area contributed by atoms with E-state index in [1.807, 2.05) is 0 Å². The van der Waals surface area contributed by atoms with E-state index in [4.69, 9.17) is 10.5 Å². The van der Waals surface area contributed by atoms with Gasteiger partial charge < -0.3 is 15.8 Å². The molecule has 0 aliphatic carbocycles. The first kappa shape index (κ1) is 12.7. The highest BCUT2D eigenvalue weighted by atomic mass is 16.5. The van der Waals surface area contributed by atoms with Crippen LogP contribution in [0.2, 0.25) is 0 Å². The van der Waals surface area contributed by atoms with Crippen LogP contribution in [0.5, 0.6) is 0 Å². The number of anilines is 2. The Morgan fingerprint density at radius 3 is 2.56 bits per heavy atom. The second-order valence-electron chi connectivity index (χ2n) is 4.60. The zero-order valence-electron chi connectivity index (χ0n) is 10.2. The lowest BCUT2D eigenvalue weighted by atomic mass is 9.90. The minimum atomic E-state index is 0.154. The molecule has 3 N–H and O–H groups in total. The van der Waals surface area contributed by atoms with E-state index in [2.05, 4.69) is 29.1 Å². The van der Waals surface area contributed by atoms with Gasteiger partial charge in [0.2, 0.25) is 5.95 Å². The summed E-state index contributed by atoms with van der Waals surface area (Å²) >= 11 is 0. The van der Waals surface area contributed by atoms with Gasteiger partial charge in [-0.3, -0.25) is 0 Å². The van der Waals surface area contributed by atoms with E-state index in [1.165, 1.54) is 0 Å². The first-order valence-corrected chi connectivity index (χ1v) is 5.34. The Morgan fingerprint density at radius 2 is 2.00 bits per heavy atom. The standard InChI is InChI=1S/C11H20N4O/c1-11(2,4-5-16-3)8-15-10-13-6-9(12)7-14-10/h6-7H,4-5,8,12H2,1-3H3,(H,13,14,15). The van der Waals surface area contributed by atoms with Crippen molar-refractivity contribution >= 4 is 11.6 Å². The SMILES string of the molecule is COCCC(C)(C)CNc1ncc(N)cn1. The van der Waals surface area contributed by atoms with Crippen LogP contribution in [0.15, 0.2) is 12.4 Å². The van der Waals surface area contributed by atoms with Gasteiger partial charge in [0.05, 0.1) is 18.1 Å². The van der Waals surface area contributed by atoms with E-state index in [-0.39, 0.29) is 5.41 Å². The number of nitrogens with one attached hydrogen (secondary N) is 1. The molecule has 0 bridgehead atoms. The largest absolute Gasteiger partial charge is 0.396 e. The van der Waals surface area contributed by atoms with Crippen LogP contribution in [-0.4, -0.2) is 30.2 Å². The van der Waals surface area contributed by atoms with Gasteiger partial charge in [-0.1, -0.05) is 13.8 Å². The number of methoxy groups -OCH3 is 1. The third kappa shape index (κ3) is 4.44. The van der Waals surface area contributed by atoms with Crippen LogP contribution >= 0.6 is 0 Å². The summed E-state index contributed by atoms with van der Waals surface area (Å²) in [6, 6.07) is 0. The molecule has 1 heterocycles. The van der Waals surface area contributed by atoms with Gasteiger partial charge in [-0.05, 0) is 11.8 Å². The molecule has 90 valence electrons. The van der Waals surface area contributed by atoms with Crippen molar-refractivity contribution in [2.75, 3.05) is 31.3 Å². The number of hydrogen-bond donors (Lipinski definition) is 2. The van der Waals surface area contributed by atoms with E-state index in [1.54, 1.807) is 19.5 Å². The molecule has 1 aromatic heterocycles. The minimum absolute atomic E-state index is 0.154. The molecular formula is C11H20N4O. The number of aromatic nitrogens is 2. The van der Waals surface area contributed by atoms with Gasteiger partial charge in [-0.2, -0.15) is 0 Å². The molecule has 1 rings (SSSR count). The predicted molar refractivity (Wildman–Crippen MR) is 65.2 cm³/mol. The van der Waals surface area contributed by atoms with E-state index in [9.17, 15) is 0 Å². The van der Waals surface area contributed by atoms with Gasteiger partial charge in [0, 0.05) is 20.3 Å². The normalized spacial score (nSPS) is 11.4. The number of nitrogens with zero attached hydrogens (tertiary/aromatic N) is 2. The lowest BCUT2D eigenvalue weighted by Gasteiger charge is -2.24. The molecule has 16 heavy (non-hydrogen) atoms. The number of hydrogen-bond acceptors (Lipinski definition) is 5. The van der Waals surface area contributed by atoms with E-state index in [0.717, 1.165) is 19.6 Å². The maximum Gasteiger partial charge on any atom is 0.222 e.